The van der Waals surface area contributed by atoms with Crippen molar-refractivity contribution in [1.82, 2.24) is 10.2 Å². The highest BCUT2D eigenvalue weighted by Crippen LogP contribution is 2.30. The molecule has 29 heavy (non-hydrogen) atoms. The van der Waals surface area contributed by atoms with Gasteiger partial charge in [0.2, 0.25) is 11.9 Å². The van der Waals surface area contributed by atoms with Crippen LogP contribution in [-0.2, 0) is 14.3 Å². The lowest BCUT2D eigenvalue weighted by Crippen LogP contribution is -2.57. The number of aliphatic imine (C=N–C) groups is 1. The first kappa shape index (κ1) is 19.0. The Morgan fingerprint density at radius 3 is 2.17 bits per heavy atom. The molecule has 2 aliphatic heterocycles. The summed E-state index contributed by atoms with van der Waals surface area (Å²) < 4.78 is 4.87. The molecule has 2 aromatic carbocycles. The maximum atomic E-state index is 12.8. The Labute approximate surface area is 170 Å². The van der Waals surface area contributed by atoms with E-state index < -0.39 is 17.9 Å². The third-order valence-electron chi connectivity index (χ3n) is 5.39. The molecule has 0 aliphatic carbocycles. The summed E-state index contributed by atoms with van der Waals surface area (Å²) in [7, 11) is 1.29. The quantitative estimate of drug-likeness (QED) is 0.637. The van der Waals surface area contributed by atoms with E-state index in [1.165, 1.54) is 12.8 Å². The van der Waals surface area contributed by atoms with Crippen LogP contribution in [0.15, 0.2) is 65.7 Å². The molecule has 2 aliphatic rings. The number of hydrogen-bond donors (Lipinski definition) is 1. The number of esters is 1. The number of piperazine rings is 1. The zero-order valence-corrected chi connectivity index (χ0v) is 16.3. The SMILES string of the molecule is COC(=O)[C@H]1C(=O)NC(N2CCN(c3ccccc3)CC2)=N[C@H]1c1ccccc1. The second-order valence-corrected chi connectivity index (χ2v) is 7.11. The monoisotopic (exact) mass is 392 g/mol. The van der Waals surface area contributed by atoms with Crippen molar-refractivity contribution < 1.29 is 14.3 Å². The van der Waals surface area contributed by atoms with Crippen LogP contribution in [0.1, 0.15) is 11.6 Å². The Hall–Kier alpha value is -3.35. The molecule has 0 aromatic heterocycles. The van der Waals surface area contributed by atoms with Crippen molar-refractivity contribution in [3.05, 3.63) is 66.2 Å². The fourth-order valence-corrected chi connectivity index (χ4v) is 3.83. The number of guanidine groups is 1. The molecular weight excluding hydrogens is 368 g/mol. The van der Waals surface area contributed by atoms with Gasteiger partial charge in [-0.25, -0.2) is 4.99 Å². The molecule has 1 N–H and O–H groups in total. The van der Waals surface area contributed by atoms with E-state index in [4.69, 9.17) is 9.73 Å². The number of methoxy groups -OCH3 is 1. The Morgan fingerprint density at radius 1 is 0.966 bits per heavy atom. The number of anilines is 1. The fraction of sp³-hybridized carbons (Fsp3) is 0.318. The number of nitrogens with one attached hydrogen (secondary N) is 1. The molecule has 7 heteroatoms. The first-order valence-electron chi connectivity index (χ1n) is 9.74. The van der Waals surface area contributed by atoms with Crippen LogP contribution in [0, 0.1) is 5.92 Å². The molecule has 0 bridgehead atoms. The molecule has 1 saturated heterocycles. The number of para-hydroxylation sites is 1. The third kappa shape index (κ3) is 3.94. The van der Waals surface area contributed by atoms with Gasteiger partial charge in [0.25, 0.3) is 0 Å². The van der Waals surface area contributed by atoms with Gasteiger partial charge in [-0.2, -0.15) is 0 Å². The van der Waals surface area contributed by atoms with E-state index >= 15 is 0 Å². The van der Waals surface area contributed by atoms with Gasteiger partial charge in [-0.15, -0.1) is 0 Å². The number of amides is 1. The fourth-order valence-electron chi connectivity index (χ4n) is 3.83. The maximum absolute atomic E-state index is 12.8. The summed E-state index contributed by atoms with van der Waals surface area (Å²) in [6.07, 6.45) is 0. The number of carbonyl (C=O) groups is 2. The van der Waals surface area contributed by atoms with Crippen molar-refractivity contribution in [3.8, 4) is 0 Å². The van der Waals surface area contributed by atoms with Crippen LogP contribution in [0.3, 0.4) is 0 Å². The van der Waals surface area contributed by atoms with Crippen molar-refractivity contribution in [3.63, 3.8) is 0 Å². The second-order valence-electron chi connectivity index (χ2n) is 7.11. The molecule has 0 unspecified atom stereocenters. The first-order valence-corrected chi connectivity index (χ1v) is 9.74. The minimum atomic E-state index is -0.989. The van der Waals surface area contributed by atoms with Crippen molar-refractivity contribution in [2.45, 2.75) is 6.04 Å². The van der Waals surface area contributed by atoms with Gasteiger partial charge in [-0.1, -0.05) is 48.5 Å². The van der Waals surface area contributed by atoms with E-state index in [0.717, 1.165) is 31.7 Å². The maximum Gasteiger partial charge on any atom is 0.320 e. The summed E-state index contributed by atoms with van der Waals surface area (Å²) >= 11 is 0. The summed E-state index contributed by atoms with van der Waals surface area (Å²) in [5, 5.41) is 2.82. The van der Waals surface area contributed by atoms with Crippen LogP contribution in [0.25, 0.3) is 0 Å². The Balaban J connectivity index is 1.55. The highest BCUT2D eigenvalue weighted by molar-refractivity contribution is 6.08. The third-order valence-corrected chi connectivity index (χ3v) is 5.39. The molecule has 7 nitrogen and oxygen atoms in total. The lowest BCUT2D eigenvalue weighted by Gasteiger charge is -2.39. The van der Waals surface area contributed by atoms with Gasteiger partial charge in [0.05, 0.1) is 7.11 Å². The van der Waals surface area contributed by atoms with Crippen LogP contribution in [0.4, 0.5) is 5.69 Å². The van der Waals surface area contributed by atoms with Crippen molar-refractivity contribution >= 4 is 23.5 Å². The molecular formula is C22H24N4O3. The van der Waals surface area contributed by atoms with Gasteiger partial charge >= 0.3 is 5.97 Å². The van der Waals surface area contributed by atoms with Crippen LogP contribution >= 0.6 is 0 Å². The predicted molar refractivity (Wildman–Crippen MR) is 110 cm³/mol. The molecule has 0 spiro atoms. The van der Waals surface area contributed by atoms with Gasteiger partial charge < -0.3 is 14.5 Å². The molecule has 4 rings (SSSR count). The number of nitrogens with zero attached hydrogens (tertiary/aromatic N) is 3. The number of hydrogen-bond acceptors (Lipinski definition) is 6. The summed E-state index contributed by atoms with van der Waals surface area (Å²) in [5.74, 6) is -1.41. The minimum Gasteiger partial charge on any atom is -0.468 e. The summed E-state index contributed by atoms with van der Waals surface area (Å²) in [6, 6.07) is 19.1. The van der Waals surface area contributed by atoms with Crippen molar-refractivity contribution in [2.24, 2.45) is 10.9 Å². The Kier molecular flexibility index (Phi) is 5.46. The Morgan fingerprint density at radius 2 is 1.55 bits per heavy atom. The van der Waals surface area contributed by atoms with E-state index in [-0.39, 0.29) is 5.91 Å². The lowest BCUT2D eigenvalue weighted by molar-refractivity contribution is -0.151. The minimum absolute atomic E-state index is 0.374. The second kappa shape index (κ2) is 8.34. The van der Waals surface area contributed by atoms with Crippen LogP contribution in [0.5, 0.6) is 0 Å². The average Bonchev–Trinajstić information content (AvgIpc) is 2.79. The predicted octanol–water partition coefficient (Wildman–Crippen LogP) is 1.82. The highest BCUT2D eigenvalue weighted by Gasteiger charge is 2.41. The molecule has 0 saturated carbocycles. The zero-order chi connectivity index (χ0) is 20.2. The van der Waals surface area contributed by atoms with E-state index in [0.29, 0.717) is 5.96 Å². The van der Waals surface area contributed by atoms with Gasteiger partial charge in [-0.05, 0) is 17.7 Å². The van der Waals surface area contributed by atoms with Crippen LogP contribution < -0.4 is 10.2 Å². The lowest BCUT2D eigenvalue weighted by atomic mass is 9.91. The molecule has 0 radical (unpaired) electrons. The van der Waals surface area contributed by atoms with Crippen molar-refractivity contribution in [1.29, 1.82) is 0 Å². The highest BCUT2D eigenvalue weighted by atomic mass is 16.5. The van der Waals surface area contributed by atoms with E-state index in [2.05, 4.69) is 27.2 Å². The van der Waals surface area contributed by atoms with Crippen LogP contribution in [0.2, 0.25) is 0 Å². The smallest absolute Gasteiger partial charge is 0.320 e. The first-order chi connectivity index (χ1) is 14.2. The van der Waals surface area contributed by atoms with E-state index in [9.17, 15) is 9.59 Å². The average molecular weight is 392 g/mol. The number of benzene rings is 2. The number of ether oxygens (including phenoxy) is 1. The Bertz CT molecular complexity index is 893. The standard InChI is InChI=1S/C22H24N4O3/c1-29-21(28)18-19(16-8-4-2-5-9-16)23-22(24-20(18)27)26-14-12-25(13-15-26)17-10-6-3-7-11-17/h2-11,18-19H,12-15H2,1H3,(H,23,24,27)/t18-,19+/m1/s1. The normalized spacial score (nSPS) is 22.0. The summed E-state index contributed by atoms with van der Waals surface area (Å²) in [4.78, 5) is 34.2. The van der Waals surface area contributed by atoms with Gasteiger partial charge in [0, 0.05) is 31.9 Å². The molecule has 150 valence electrons. The summed E-state index contributed by atoms with van der Waals surface area (Å²) in [6.45, 7) is 3.13. The summed E-state index contributed by atoms with van der Waals surface area (Å²) in [5.41, 5.74) is 2.01. The molecule has 1 fully saturated rings. The van der Waals surface area contributed by atoms with E-state index in [1.807, 2.05) is 48.5 Å². The number of rotatable bonds is 3. The molecule has 2 atom stereocenters. The number of carbonyl (C=O) groups excluding carboxylic acids is 2. The van der Waals surface area contributed by atoms with Gasteiger partial charge in [-0.3, -0.25) is 14.9 Å². The van der Waals surface area contributed by atoms with E-state index in [1.54, 1.807) is 0 Å². The molecule has 2 aromatic rings. The zero-order valence-electron chi connectivity index (χ0n) is 16.3. The van der Waals surface area contributed by atoms with Gasteiger partial charge in [0.15, 0.2) is 5.92 Å². The molecule has 2 heterocycles. The topological polar surface area (TPSA) is 74.2 Å². The molecule has 1 amide bonds. The van der Waals surface area contributed by atoms with Crippen molar-refractivity contribution in [2.75, 3.05) is 38.2 Å². The largest absolute Gasteiger partial charge is 0.468 e. The van der Waals surface area contributed by atoms with Gasteiger partial charge in [0.1, 0.15) is 6.04 Å². The van der Waals surface area contributed by atoms with Crippen LogP contribution in [-0.4, -0.2) is 56.0 Å².